The van der Waals surface area contributed by atoms with Crippen molar-refractivity contribution in [2.24, 2.45) is 0 Å². The van der Waals surface area contributed by atoms with Crippen molar-refractivity contribution < 1.29 is 0 Å². The van der Waals surface area contributed by atoms with E-state index in [4.69, 9.17) is 46.4 Å². The number of nitrogens with one attached hydrogen (secondary N) is 1. The average Bonchev–Trinajstić information content (AvgIpc) is 2.47. The van der Waals surface area contributed by atoms with E-state index in [1.54, 1.807) is 12.1 Å². The molecule has 0 spiro atoms. The lowest BCUT2D eigenvalue weighted by molar-refractivity contribution is 1.39. The van der Waals surface area contributed by atoms with Gasteiger partial charge < -0.3 is 4.98 Å². The molecule has 2 rings (SSSR count). The van der Waals surface area contributed by atoms with Crippen LogP contribution in [0.1, 0.15) is 5.56 Å². The Hall–Kier alpha value is -0.340. The Balaban J connectivity index is 2.63. The van der Waals surface area contributed by atoms with Gasteiger partial charge in [-0.1, -0.05) is 52.5 Å². The van der Waals surface area contributed by atoms with Crippen molar-refractivity contribution in [2.45, 2.75) is 6.92 Å². The van der Waals surface area contributed by atoms with Crippen molar-refractivity contribution in [1.29, 1.82) is 0 Å². The summed E-state index contributed by atoms with van der Waals surface area (Å²) in [7, 11) is 0. The zero-order chi connectivity index (χ0) is 11.9. The summed E-state index contributed by atoms with van der Waals surface area (Å²) in [5.41, 5.74) is 2.63. The van der Waals surface area contributed by atoms with Crippen molar-refractivity contribution in [2.75, 3.05) is 0 Å². The molecule has 0 amide bonds. The summed E-state index contributed by atoms with van der Waals surface area (Å²) in [5, 5.41) is 2.04. The quantitative estimate of drug-likeness (QED) is 0.704. The summed E-state index contributed by atoms with van der Waals surface area (Å²) in [6, 6.07) is 5.35. The van der Waals surface area contributed by atoms with Gasteiger partial charge in [0, 0.05) is 5.56 Å². The van der Waals surface area contributed by atoms with Gasteiger partial charge in [0.25, 0.3) is 0 Å². The molecule has 0 aliphatic rings. The third kappa shape index (κ3) is 2.05. The highest BCUT2D eigenvalue weighted by molar-refractivity contribution is 6.42. The maximum atomic E-state index is 6.06. The molecule has 0 atom stereocenters. The Morgan fingerprint density at radius 2 is 1.62 bits per heavy atom. The van der Waals surface area contributed by atoms with Crippen LogP contribution in [0.2, 0.25) is 20.4 Å². The molecule has 1 N–H and O–H groups in total. The number of aromatic amines is 1. The summed E-state index contributed by atoms with van der Waals surface area (Å²) in [4.78, 5) is 2.86. The van der Waals surface area contributed by atoms with E-state index in [9.17, 15) is 0 Å². The molecule has 0 saturated heterocycles. The van der Waals surface area contributed by atoms with E-state index >= 15 is 0 Å². The van der Waals surface area contributed by atoms with Crippen LogP contribution in [0.5, 0.6) is 0 Å². The highest BCUT2D eigenvalue weighted by Gasteiger charge is 2.14. The second kappa shape index (κ2) is 4.50. The van der Waals surface area contributed by atoms with E-state index in [-0.39, 0.29) is 0 Å². The van der Waals surface area contributed by atoms with Crippen molar-refractivity contribution in [3.05, 3.63) is 44.1 Å². The zero-order valence-corrected chi connectivity index (χ0v) is 11.3. The van der Waals surface area contributed by atoms with Crippen LogP contribution >= 0.6 is 46.4 Å². The number of hydrogen-bond acceptors (Lipinski definition) is 0. The average molecular weight is 295 g/mol. The van der Waals surface area contributed by atoms with Crippen molar-refractivity contribution in [3.8, 4) is 11.1 Å². The maximum Gasteiger partial charge on any atom is 0.115 e. The zero-order valence-electron chi connectivity index (χ0n) is 8.24. The second-order valence-corrected chi connectivity index (χ2v) is 4.95. The summed E-state index contributed by atoms with van der Waals surface area (Å²) in [5.74, 6) is 0. The van der Waals surface area contributed by atoms with E-state index in [0.717, 1.165) is 16.7 Å². The highest BCUT2D eigenvalue weighted by atomic mass is 35.5. The molecule has 16 heavy (non-hydrogen) atoms. The molecule has 1 aromatic heterocycles. The molecular formula is C11H7Cl4N. The molecule has 84 valence electrons. The van der Waals surface area contributed by atoms with Crippen LogP contribution in [-0.4, -0.2) is 4.98 Å². The summed E-state index contributed by atoms with van der Waals surface area (Å²) >= 11 is 23.8. The SMILES string of the molecule is Cc1c(Cl)[nH]c(Cl)c1-c1ccc(Cl)c(Cl)c1. The molecule has 1 heterocycles. The summed E-state index contributed by atoms with van der Waals surface area (Å²) in [6.07, 6.45) is 0. The van der Waals surface area contributed by atoms with E-state index in [1.807, 2.05) is 13.0 Å². The molecule has 5 heteroatoms. The Morgan fingerprint density at radius 3 is 2.12 bits per heavy atom. The van der Waals surface area contributed by atoms with Gasteiger partial charge in [-0.3, -0.25) is 0 Å². The Morgan fingerprint density at radius 1 is 0.938 bits per heavy atom. The molecule has 0 radical (unpaired) electrons. The molecule has 0 unspecified atom stereocenters. The second-order valence-electron chi connectivity index (χ2n) is 3.38. The minimum absolute atomic E-state index is 0.493. The van der Waals surface area contributed by atoms with Crippen LogP contribution in [-0.2, 0) is 0 Å². The number of benzene rings is 1. The number of H-pyrrole nitrogens is 1. The fraction of sp³-hybridized carbons (Fsp3) is 0.0909. The number of halogens is 4. The Bertz CT molecular complexity index is 545. The number of aromatic nitrogens is 1. The maximum absolute atomic E-state index is 6.06. The van der Waals surface area contributed by atoms with E-state index in [0.29, 0.717) is 20.4 Å². The summed E-state index contributed by atoms with van der Waals surface area (Å²) in [6.45, 7) is 1.89. The third-order valence-electron chi connectivity index (χ3n) is 2.35. The van der Waals surface area contributed by atoms with Crippen molar-refractivity contribution in [1.82, 2.24) is 4.98 Å². The Kier molecular flexibility index (Phi) is 3.41. The first-order valence-corrected chi connectivity index (χ1v) is 6.01. The van der Waals surface area contributed by atoms with E-state index in [2.05, 4.69) is 4.98 Å². The minimum atomic E-state index is 0.493. The highest BCUT2D eigenvalue weighted by Crippen LogP contribution is 2.37. The van der Waals surface area contributed by atoms with Crippen LogP contribution in [0.3, 0.4) is 0 Å². The topological polar surface area (TPSA) is 15.8 Å². The molecule has 1 aromatic carbocycles. The first kappa shape index (κ1) is 12.1. The molecule has 0 fully saturated rings. The molecule has 0 aliphatic carbocycles. The first-order valence-electron chi connectivity index (χ1n) is 4.49. The smallest absolute Gasteiger partial charge is 0.115 e. The van der Waals surface area contributed by atoms with Gasteiger partial charge in [0.05, 0.1) is 10.0 Å². The third-order valence-corrected chi connectivity index (χ3v) is 3.75. The molecule has 0 saturated carbocycles. The fourth-order valence-electron chi connectivity index (χ4n) is 1.52. The molecule has 0 aliphatic heterocycles. The van der Waals surface area contributed by atoms with Crippen LogP contribution in [0.25, 0.3) is 11.1 Å². The van der Waals surface area contributed by atoms with Crippen LogP contribution < -0.4 is 0 Å². The van der Waals surface area contributed by atoms with Crippen LogP contribution in [0.4, 0.5) is 0 Å². The molecule has 1 nitrogen and oxygen atoms in total. The van der Waals surface area contributed by atoms with Gasteiger partial charge in [-0.25, -0.2) is 0 Å². The lowest BCUT2D eigenvalue weighted by Crippen LogP contribution is -1.80. The van der Waals surface area contributed by atoms with Gasteiger partial charge >= 0.3 is 0 Å². The van der Waals surface area contributed by atoms with Gasteiger partial charge in [-0.05, 0) is 30.2 Å². The molecular weight excluding hydrogens is 288 g/mol. The van der Waals surface area contributed by atoms with Crippen LogP contribution in [0.15, 0.2) is 18.2 Å². The van der Waals surface area contributed by atoms with Crippen molar-refractivity contribution in [3.63, 3.8) is 0 Å². The lowest BCUT2D eigenvalue weighted by Gasteiger charge is -2.03. The summed E-state index contributed by atoms with van der Waals surface area (Å²) < 4.78 is 0. The van der Waals surface area contributed by atoms with Gasteiger partial charge in [0.1, 0.15) is 10.3 Å². The van der Waals surface area contributed by atoms with Crippen molar-refractivity contribution >= 4 is 46.4 Å². The van der Waals surface area contributed by atoms with Gasteiger partial charge in [-0.2, -0.15) is 0 Å². The normalized spacial score (nSPS) is 10.8. The van der Waals surface area contributed by atoms with E-state index < -0.39 is 0 Å². The molecule has 0 bridgehead atoms. The van der Waals surface area contributed by atoms with Gasteiger partial charge in [-0.15, -0.1) is 0 Å². The number of hydrogen-bond donors (Lipinski definition) is 1. The predicted octanol–water partition coefficient (Wildman–Crippen LogP) is 5.60. The van der Waals surface area contributed by atoms with E-state index in [1.165, 1.54) is 0 Å². The van der Waals surface area contributed by atoms with Gasteiger partial charge in [0.15, 0.2) is 0 Å². The first-order chi connectivity index (χ1) is 7.50. The standard InChI is InChI=1S/C11H7Cl4N/c1-5-9(11(15)16-10(5)14)6-2-3-7(12)8(13)4-6/h2-4,16H,1H3. The predicted molar refractivity (Wildman–Crippen MR) is 71.0 cm³/mol. The monoisotopic (exact) mass is 293 g/mol. The Labute approximate surface area is 113 Å². The van der Waals surface area contributed by atoms with Crippen LogP contribution in [0, 0.1) is 6.92 Å². The fourth-order valence-corrected chi connectivity index (χ4v) is 2.40. The van der Waals surface area contributed by atoms with Gasteiger partial charge in [0.2, 0.25) is 0 Å². The number of rotatable bonds is 1. The minimum Gasteiger partial charge on any atom is -0.336 e. The molecule has 2 aromatic rings. The largest absolute Gasteiger partial charge is 0.336 e. The lowest BCUT2D eigenvalue weighted by atomic mass is 10.1.